The Bertz CT molecular complexity index is 701. The minimum Gasteiger partial charge on any atom is -0.373 e. The summed E-state index contributed by atoms with van der Waals surface area (Å²) in [5, 5.41) is 3.01. The number of nitrogens with one attached hydrogen (secondary N) is 1. The molecule has 5 heteroatoms. The van der Waals surface area contributed by atoms with Gasteiger partial charge in [0.25, 0.3) is 0 Å². The minimum absolute atomic E-state index is 0.789. The zero-order chi connectivity index (χ0) is 12.5. The summed E-state index contributed by atoms with van der Waals surface area (Å²) in [5.74, 6) is 2.52. The molecule has 0 unspecified atom stereocenters. The first-order chi connectivity index (χ1) is 8.79. The number of imidazole rings is 1. The van der Waals surface area contributed by atoms with E-state index < -0.39 is 0 Å². The molecule has 0 aliphatic carbocycles. The van der Waals surface area contributed by atoms with Gasteiger partial charge in [-0.05, 0) is 19.1 Å². The Hall–Kier alpha value is -2.43. The second kappa shape index (κ2) is 4.10. The van der Waals surface area contributed by atoms with Crippen LogP contribution in [0.4, 0.5) is 5.82 Å². The van der Waals surface area contributed by atoms with Crippen LogP contribution in [0, 0.1) is 6.92 Å². The minimum atomic E-state index is 0.789. The summed E-state index contributed by atoms with van der Waals surface area (Å²) >= 11 is 0. The number of para-hydroxylation sites is 2. The molecule has 0 bridgehead atoms. The van der Waals surface area contributed by atoms with Crippen molar-refractivity contribution < 1.29 is 0 Å². The largest absolute Gasteiger partial charge is 0.373 e. The van der Waals surface area contributed by atoms with E-state index >= 15 is 0 Å². The lowest BCUT2D eigenvalue weighted by atomic mass is 10.3. The molecule has 2 aromatic heterocycles. The highest BCUT2D eigenvalue weighted by molar-refractivity contribution is 5.77. The van der Waals surface area contributed by atoms with E-state index in [1.807, 2.05) is 48.9 Å². The summed E-state index contributed by atoms with van der Waals surface area (Å²) in [6, 6.07) is 9.93. The van der Waals surface area contributed by atoms with E-state index in [1.54, 1.807) is 6.33 Å². The average molecular weight is 239 g/mol. The lowest BCUT2D eigenvalue weighted by Crippen LogP contribution is -2.02. The van der Waals surface area contributed by atoms with E-state index in [2.05, 4.69) is 20.3 Å². The van der Waals surface area contributed by atoms with Gasteiger partial charge in [-0.3, -0.25) is 4.57 Å². The normalized spacial score (nSPS) is 10.8. The Morgan fingerprint density at radius 2 is 2.00 bits per heavy atom. The number of aromatic nitrogens is 4. The first kappa shape index (κ1) is 10.7. The van der Waals surface area contributed by atoms with Crippen molar-refractivity contribution in [3.8, 4) is 5.82 Å². The molecule has 0 fully saturated rings. The number of fused-ring (bicyclic) bond motifs is 1. The lowest BCUT2D eigenvalue weighted by Gasteiger charge is -2.06. The number of hydrogen-bond donors (Lipinski definition) is 1. The molecule has 90 valence electrons. The molecule has 18 heavy (non-hydrogen) atoms. The van der Waals surface area contributed by atoms with E-state index in [-0.39, 0.29) is 0 Å². The number of aryl methyl sites for hydroxylation is 1. The van der Waals surface area contributed by atoms with Crippen LogP contribution in [0.3, 0.4) is 0 Å². The van der Waals surface area contributed by atoms with Gasteiger partial charge in [0.2, 0.25) is 0 Å². The fraction of sp³-hybridized carbons (Fsp3) is 0.154. The fourth-order valence-electron chi connectivity index (χ4n) is 2.04. The number of hydrogen-bond acceptors (Lipinski definition) is 4. The standard InChI is InChI=1S/C13H13N5/c1-9-17-10-5-3-4-6-11(10)18(9)13-7-12(14-2)15-8-16-13/h3-8H,1-2H3,(H,14,15,16). The third-order valence-corrected chi connectivity index (χ3v) is 2.87. The topological polar surface area (TPSA) is 55.6 Å². The van der Waals surface area contributed by atoms with Crippen LogP contribution >= 0.6 is 0 Å². The summed E-state index contributed by atoms with van der Waals surface area (Å²) < 4.78 is 2.03. The Balaban J connectivity index is 2.27. The predicted octanol–water partition coefficient (Wildman–Crippen LogP) is 2.17. The van der Waals surface area contributed by atoms with Crippen molar-refractivity contribution in [2.75, 3.05) is 12.4 Å². The van der Waals surface area contributed by atoms with E-state index in [4.69, 9.17) is 0 Å². The molecule has 5 nitrogen and oxygen atoms in total. The van der Waals surface area contributed by atoms with E-state index in [9.17, 15) is 0 Å². The van der Waals surface area contributed by atoms with Gasteiger partial charge in [0.1, 0.15) is 23.8 Å². The van der Waals surface area contributed by atoms with E-state index in [0.717, 1.165) is 28.5 Å². The Kier molecular flexibility index (Phi) is 2.44. The van der Waals surface area contributed by atoms with E-state index in [0.29, 0.717) is 0 Å². The van der Waals surface area contributed by atoms with Crippen molar-refractivity contribution in [2.45, 2.75) is 6.92 Å². The van der Waals surface area contributed by atoms with Crippen molar-refractivity contribution in [2.24, 2.45) is 0 Å². The number of rotatable bonds is 2. The molecule has 0 amide bonds. The molecular formula is C13H13N5. The second-order valence-corrected chi connectivity index (χ2v) is 3.99. The van der Waals surface area contributed by atoms with Gasteiger partial charge in [-0.2, -0.15) is 0 Å². The van der Waals surface area contributed by atoms with Crippen molar-refractivity contribution in [3.05, 3.63) is 42.5 Å². The van der Waals surface area contributed by atoms with Crippen LogP contribution in [-0.4, -0.2) is 26.6 Å². The summed E-state index contributed by atoms with van der Waals surface area (Å²) in [6.07, 6.45) is 1.55. The Morgan fingerprint density at radius 1 is 1.17 bits per heavy atom. The third-order valence-electron chi connectivity index (χ3n) is 2.87. The molecule has 0 aliphatic rings. The summed E-state index contributed by atoms with van der Waals surface area (Å²) in [6.45, 7) is 1.97. The van der Waals surface area contributed by atoms with Crippen molar-refractivity contribution in [3.63, 3.8) is 0 Å². The monoisotopic (exact) mass is 239 g/mol. The molecule has 0 saturated carbocycles. The average Bonchev–Trinajstić information content (AvgIpc) is 2.74. The molecule has 2 heterocycles. The highest BCUT2D eigenvalue weighted by atomic mass is 15.1. The van der Waals surface area contributed by atoms with Gasteiger partial charge < -0.3 is 5.32 Å². The van der Waals surface area contributed by atoms with Gasteiger partial charge in [0.05, 0.1) is 11.0 Å². The van der Waals surface area contributed by atoms with Gasteiger partial charge in [-0.15, -0.1) is 0 Å². The van der Waals surface area contributed by atoms with E-state index in [1.165, 1.54) is 0 Å². The highest BCUT2D eigenvalue weighted by Crippen LogP contribution is 2.20. The molecule has 0 spiro atoms. The van der Waals surface area contributed by atoms with Crippen LogP contribution in [0.1, 0.15) is 5.82 Å². The number of nitrogens with zero attached hydrogens (tertiary/aromatic N) is 4. The molecule has 0 atom stereocenters. The smallest absolute Gasteiger partial charge is 0.144 e. The van der Waals surface area contributed by atoms with Gasteiger partial charge in [-0.25, -0.2) is 15.0 Å². The lowest BCUT2D eigenvalue weighted by molar-refractivity contribution is 0.943. The second-order valence-electron chi connectivity index (χ2n) is 3.99. The van der Waals surface area contributed by atoms with Gasteiger partial charge in [0.15, 0.2) is 0 Å². The summed E-state index contributed by atoms with van der Waals surface area (Å²) in [4.78, 5) is 13.0. The first-order valence-corrected chi connectivity index (χ1v) is 5.74. The van der Waals surface area contributed by atoms with Crippen LogP contribution in [0.2, 0.25) is 0 Å². The molecule has 0 radical (unpaired) electrons. The van der Waals surface area contributed by atoms with Crippen LogP contribution in [0.15, 0.2) is 36.7 Å². The molecule has 0 aliphatic heterocycles. The quantitative estimate of drug-likeness (QED) is 0.744. The molecule has 1 aromatic carbocycles. The summed E-state index contributed by atoms with van der Waals surface area (Å²) in [5.41, 5.74) is 2.02. The molecule has 3 aromatic rings. The number of benzene rings is 1. The third kappa shape index (κ3) is 1.60. The van der Waals surface area contributed by atoms with Crippen LogP contribution in [0.25, 0.3) is 16.9 Å². The van der Waals surface area contributed by atoms with Crippen LogP contribution in [0.5, 0.6) is 0 Å². The van der Waals surface area contributed by atoms with Crippen molar-refractivity contribution in [1.29, 1.82) is 0 Å². The molecule has 1 N–H and O–H groups in total. The zero-order valence-electron chi connectivity index (χ0n) is 10.3. The Morgan fingerprint density at radius 3 is 2.83 bits per heavy atom. The molecule has 0 saturated heterocycles. The highest BCUT2D eigenvalue weighted by Gasteiger charge is 2.09. The SMILES string of the molecule is CNc1cc(-n2c(C)nc3ccccc32)ncn1. The van der Waals surface area contributed by atoms with Gasteiger partial charge in [0, 0.05) is 13.1 Å². The van der Waals surface area contributed by atoms with Crippen LogP contribution in [-0.2, 0) is 0 Å². The number of anilines is 1. The molecule has 3 rings (SSSR count). The van der Waals surface area contributed by atoms with Gasteiger partial charge in [-0.1, -0.05) is 12.1 Å². The maximum atomic E-state index is 4.53. The Labute approximate surface area is 105 Å². The first-order valence-electron chi connectivity index (χ1n) is 5.74. The molecular weight excluding hydrogens is 226 g/mol. The van der Waals surface area contributed by atoms with Gasteiger partial charge >= 0.3 is 0 Å². The maximum absolute atomic E-state index is 4.53. The van der Waals surface area contributed by atoms with Crippen molar-refractivity contribution in [1.82, 2.24) is 19.5 Å². The fourth-order valence-corrected chi connectivity index (χ4v) is 2.04. The van der Waals surface area contributed by atoms with Crippen molar-refractivity contribution >= 4 is 16.9 Å². The van der Waals surface area contributed by atoms with Crippen LogP contribution < -0.4 is 5.32 Å². The zero-order valence-corrected chi connectivity index (χ0v) is 10.3. The maximum Gasteiger partial charge on any atom is 0.144 e. The summed E-state index contributed by atoms with van der Waals surface area (Å²) in [7, 11) is 1.84. The predicted molar refractivity (Wildman–Crippen MR) is 70.9 cm³/mol.